The molecule has 0 aromatic heterocycles. The molecule has 2 N–H and O–H groups in total. The maximum atomic E-state index is 12.1. The number of hydrogen-bond acceptors (Lipinski definition) is 4. The van der Waals surface area contributed by atoms with Crippen molar-refractivity contribution in [3.63, 3.8) is 0 Å². The molecule has 0 bridgehead atoms. The van der Waals surface area contributed by atoms with Crippen LogP contribution in [0.15, 0.2) is 12.2 Å². The number of rotatable bonds is 17. The summed E-state index contributed by atoms with van der Waals surface area (Å²) in [6.07, 6.45) is 9.99. The van der Waals surface area contributed by atoms with Crippen LogP contribution >= 0.6 is 0 Å². The van der Waals surface area contributed by atoms with Crippen molar-refractivity contribution in [3.05, 3.63) is 12.2 Å². The fraction of sp³-hybridized carbons (Fsp3) is 0.773. The Labute approximate surface area is 175 Å². The minimum Gasteiger partial charge on any atom is -0.544 e. The van der Waals surface area contributed by atoms with E-state index in [0.717, 1.165) is 32.1 Å². The molecule has 0 rings (SSSR count). The van der Waals surface area contributed by atoms with Gasteiger partial charge in [-0.2, -0.15) is 0 Å². The van der Waals surface area contributed by atoms with Gasteiger partial charge in [-0.05, 0) is 32.1 Å². The second-order valence-electron chi connectivity index (χ2n) is 7.60. The van der Waals surface area contributed by atoms with E-state index in [9.17, 15) is 29.7 Å². The number of carboxylic acids is 3. The standard InChI is InChI=1S/C22H39NO6/c1-5-9-10-11-12-13-14-15-16-23(17(6-2)20(24)25,18(7-3)21(26)27)19(8-4)22(28)29/h10-11,17-19H,5-9,12-16H2,1-4H3,(H2-,24,25,26,27,28,29)/b11-10+. The Bertz CT molecular complexity index is 490. The van der Waals surface area contributed by atoms with Crippen LogP contribution in [0.2, 0.25) is 0 Å². The summed E-state index contributed by atoms with van der Waals surface area (Å²) in [6, 6.07) is -3.40. The Morgan fingerprint density at radius 3 is 1.66 bits per heavy atom. The highest BCUT2D eigenvalue weighted by molar-refractivity contribution is 5.77. The summed E-state index contributed by atoms with van der Waals surface area (Å²) in [7, 11) is 0. The number of nitrogens with zero attached hydrogens (tertiary/aromatic N) is 1. The van der Waals surface area contributed by atoms with E-state index < -0.39 is 40.5 Å². The van der Waals surface area contributed by atoms with Crippen LogP contribution in [-0.4, -0.2) is 57.3 Å². The highest BCUT2D eigenvalue weighted by atomic mass is 16.4. The highest BCUT2D eigenvalue weighted by Gasteiger charge is 2.53. The zero-order valence-electron chi connectivity index (χ0n) is 18.4. The molecule has 0 saturated carbocycles. The van der Waals surface area contributed by atoms with Crippen LogP contribution < -0.4 is 5.11 Å². The first-order valence-corrected chi connectivity index (χ1v) is 10.9. The van der Waals surface area contributed by atoms with E-state index in [0.29, 0.717) is 6.42 Å². The number of allylic oxidation sites excluding steroid dienone is 2. The zero-order valence-corrected chi connectivity index (χ0v) is 18.4. The number of carboxylic acid groups (broad SMARTS) is 3. The molecule has 0 aromatic carbocycles. The molecular weight excluding hydrogens is 374 g/mol. The summed E-state index contributed by atoms with van der Waals surface area (Å²) in [5.74, 6) is -3.70. The monoisotopic (exact) mass is 413 g/mol. The predicted molar refractivity (Wildman–Crippen MR) is 110 cm³/mol. The van der Waals surface area contributed by atoms with Crippen LogP contribution in [0.25, 0.3) is 0 Å². The molecule has 0 radical (unpaired) electrons. The molecular formula is C22H39NO6. The summed E-state index contributed by atoms with van der Waals surface area (Å²) >= 11 is 0. The van der Waals surface area contributed by atoms with Crippen LogP contribution in [0, 0.1) is 0 Å². The molecule has 3 atom stereocenters. The summed E-state index contributed by atoms with van der Waals surface area (Å²) in [6.45, 7) is 7.29. The van der Waals surface area contributed by atoms with Crippen molar-refractivity contribution < 1.29 is 34.2 Å². The third kappa shape index (κ3) is 7.46. The van der Waals surface area contributed by atoms with Crippen LogP contribution in [-0.2, 0) is 14.4 Å². The van der Waals surface area contributed by atoms with Crippen LogP contribution in [0.4, 0.5) is 0 Å². The lowest BCUT2D eigenvalue weighted by molar-refractivity contribution is -0.974. The topological polar surface area (TPSA) is 115 Å². The van der Waals surface area contributed by atoms with Crippen molar-refractivity contribution in [3.8, 4) is 0 Å². The number of carbonyl (C=O) groups excluding carboxylic acids is 1. The van der Waals surface area contributed by atoms with Gasteiger partial charge in [-0.15, -0.1) is 0 Å². The van der Waals surface area contributed by atoms with Gasteiger partial charge in [-0.25, -0.2) is 9.59 Å². The molecule has 0 spiro atoms. The molecule has 7 nitrogen and oxygen atoms in total. The molecule has 0 aliphatic heterocycles. The van der Waals surface area contributed by atoms with Crippen LogP contribution in [0.3, 0.4) is 0 Å². The molecule has 0 heterocycles. The Morgan fingerprint density at radius 2 is 1.28 bits per heavy atom. The van der Waals surface area contributed by atoms with E-state index in [1.54, 1.807) is 20.8 Å². The highest BCUT2D eigenvalue weighted by Crippen LogP contribution is 2.32. The Balaban J connectivity index is 5.82. The number of carbonyl (C=O) groups is 3. The Kier molecular flexibility index (Phi) is 13.2. The van der Waals surface area contributed by atoms with E-state index >= 15 is 0 Å². The maximum absolute atomic E-state index is 12.1. The van der Waals surface area contributed by atoms with E-state index in [4.69, 9.17) is 0 Å². The molecule has 3 unspecified atom stereocenters. The van der Waals surface area contributed by atoms with Crippen molar-refractivity contribution in [1.29, 1.82) is 0 Å². The minimum absolute atomic E-state index is 0.121. The molecule has 0 aliphatic carbocycles. The molecule has 7 heteroatoms. The van der Waals surface area contributed by atoms with Gasteiger partial charge in [0.2, 0.25) is 0 Å². The van der Waals surface area contributed by atoms with E-state index in [-0.39, 0.29) is 25.8 Å². The summed E-state index contributed by atoms with van der Waals surface area (Å²) in [5.41, 5.74) is 0. The quantitative estimate of drug-likeness (QED) is 0.215. The number of unbranched alkanes of at least 4 members (excludes halogenated alkanes) is 4. The molecule has 0 aliphatic rings. The molecule has 29 heavy (non-hydrogen) atoms. The van der Waals surface area contributed by atoms with E-state index in [2.05, 4.69) is 19.1 Å². The van der Waals surface area contributed by atoms with Crippen molar-refractivity contribution in [1.82, 2.24) is 0 Å². The van der Waals surface area contributed by atoms with Gasteiger partial charge in [0.25, 0.3) is 0 Å². The molecule has 0 saturated heterocycles. The number of aliphatic carboxylic acids is 3. The first-order valence-electron chi connectivity index (χ1n) is 10.9. The molecule has 0 aromatic rings. The fourth-order valence-electron chi connectivity index (χ4n) is 4.49. The number of hydrogen-bond donors (Lipinski definition) is 2. The van der Waals surface area contributed by atoms with Gasteiger partial charge in [-0.1, -0.05) is 46.3 Å². The second kappa shape index (κ2) is 14.1. The van der Waals surface area contributed by atoms with Gasteiger partial charge >= 0.3 is 11.9 Å². The molecule has 0 fully saturated rings. The lowest BCUT2D eigenvalue weighted by atomic mass is 9.94. The lowest BCUT2D eigenvalue weighted by Gasteiger charge is -2.51. The third-order valence-corrected chi connectivity index (χ3v) is 5.78. The summed E-state index contributed by atoms with van der Waals surface area (Å²) < 4.78 is -0.484. The van der Waals surface area contributed by atoms with Gasteiger partial charge in [0.15, 0.2) is 12.1 Å². The smallest absolute Gasteiger partial charge is 0.362 e. The summed E-state index contributed by atoms with van der Waals surface area (Å²) in [4.78, 5) is 36.1. The first-order chi connectivity index (χ1) is 13.7. The first kappa shape index (κ1) is 27.1. The SMILES string of the molecule is CCC/C=C/CCCCC[N+](C(CC)C(=O)[O-])(C(CC)C(=O)O)C(CC)C(=O)O. The summed E-state index contributed by atoms with van der Waals surface area (Å²) in [5, 5.41) is 31.7. The molecule has 168 valence electrons. The van der Waals surface area contributed by atoms with Gasteiger partial charge < -0.3 is 20.1 Å². The maximum Gasteiger partial charge on any atom is 0.362 e. The van der Waals surface area contributed by atoms with Gasteiger partial charge in [0, 0.05) is 19.3 Å². The second-order valence-corrected chi connectivity index (χ2v) is 7.60. The average Bonchev–Trinajstić information content (AvgIpc) is 2.64. The van der Waals surface area contributed by atoms with Crippen LogP contribution in [0.1, 0.15) is 85.5 Å². The fourth-order valence-corrected chi connectivity index (χ4v) is 4.49. The van der Waals surface area contributed by atoms with E-state index in [1.165, 1.54) is 0 Å². The van der Waals surface area contributed by atoms with Crippen LogP contribution in [0.5, 0.6) is 0 Å². The van der Waals surface area contributed by atoms with Crippen molar-refractivity contribution in [2.24, 2.45) is 0 Å². The Morgan fingerprint density at radius 1 is 0.793 bits per heavy atom. The third-order valence-electron chi connectivity index (χ3n) is 5.78. The number of quaternary nitrogens is 1. The van der Waals surface area contributed by atoms with Crippen molar-refractivity contribution in [2.45, 2.75) is 104 Å². The largest absolute Gasteiger partial charge is 0.544 e. The van der Waals surface area contributed by atoms with Gasteiger partial charge in [0.1, 0.15) is 6.04 Å². The minimum atomic E-state index is -1.38. The van der Waals surface area contributed by atoms with E-state index in [1.807, 2.05) is 0 Å². The van der Waals surface area contributed by atoms with Gasteiger partial charge in [-0.3, -0.25) is 4.48 Å². The lowest BCUT2D eigenvalue weighted by Crippen LogP contribution is -2.73. The Hall–Kier alpha value is -1.89. The van der Waals surface area contributed by atoms with Crippen molar-refractivity contribution in [2.75, 3.05) is 6.54 Å². The van der Waals surface area contributed by atoms with Crippen molar-refractivity contribution >= 4 is 17.9 Å². The zero-order chi connectivity index (χ0) is 22.4. The molecule has 0 amide bonds. The predicted octanol–water partition coefficient (Wildman–Crippen LogP) is 2.97. The van der Waals surface area contributed by atoms with Gasteiger partial charge in [0.05, 0.1) is 12.5 Å². The average molecular weight is 414 g/mol. The normalized spacial score (nSPS) is 16.8.